The highest BCUT2D eigenvalue weighted by molar-refractivity contribution is 5.83. The van der Waals surface area contributed by atoms with Gasteiger partial charge in [0, 0.05) is 12.5 Å². The number of amides is 1. The maximum absolute atomic E-state index is 12.6. The first kappa shape index (κ1) is 18.7. The van der Waals surface area contributed by atoms with E-state index in [1.165, 1.54) is 4.90 Å². The van der Waals surface area contributed by atoms with Crippen LogP contribution >= 0.6 is 0 Å². The number of aliphatic carboxylic acids is 1. The molecule has 0 radical (unpaired) electrons. The van der Waals surface area contributed by atoms with E-state index in [1.54, 1.807) is 13.8 Å². The molecule has 2 aromatic rings. The molecule has 0 aliphatic heterocycles. The fraction of sp³-hybridized carbons (Fsp3) is 0.273. The normalized spacial score (nSPS) is 13.4. The molecule has 1 N–H and O–H groups in total. The van der Waals surface area contributed by atoms with Gasteiger partial charge in [0.25, 0.3) is 0 Å². The van der Waals surface area contributed by atoms with E-state index in [9.17, 15) is 14.7 Å². The minimum atomic E-state index is -1.11. The van der Waals surface area contributed by atoms with Crippen LogP contribution in [0.2, 0.25) is 0 Å². The Morgan fingerprint density at radius 1 is 1.11 bits per heavy atom. The van der Waals surface area contributed by atoms with E-state index in [2.05, 4.69) is 18.7 Å². The number of carbonyl (C=O) groups is 2. The van der Waals surface area contributed by atoms with Crippen molar-refractivity contribution in [1.82, 2.24) is 4.90 Å². The maximum Gasteiger partial charge on any atom is 0.410 e. The van der Waals surface area contributed by atoms with E-state index >= 15 is 0 Å². The summed E-state index contributed by atoms with van der Waals surface area (Å²) in [6, 6.07) is 15.1. The van der Waals surface area contributed by atoms with Crippen molar-refractivity contribution in [3.63, 3.8) is 0 Å². The Morgan fingerprint density at radius 3 is 2.07 bits per heavy atom. The van der Waals surface area contributed by atoms with Gasteiger partial charge in [-0.2, -0.15) is 0 Å². The van der Waals surface area contributed by atoms with E-state index in [-0.39, 0.29) is 19.1 Å². The average Bonchev–Trinajstić information content (AvgIpc) is 2.97. The predicted molar refractivity (Wildman–Crippen MR) is 104 cm³/mol. The second-order valence-corrected chi connectivity index (χ2v) is 6.68. The largest absolute Gasteiger partial charge is 0.479 e. The summed E-state index contributed by atoms with van der Waals surface area (Å²) >= 11 is 0. The number of carboxylic acid groups (broad SMARTS) is 1. The van der Waals surface area contributed by atoms with Crippen LogP contribution in [0.15, 0.2) is 60.7 Å². The van der Waals surface area contributed by atoms with Gasteiger partial charge in [0.15, 0.2) is 6.04 Å². The molecule has 0 fully saturated rings. The zero-order chi connectivity index (χ0) is 19.6. The van der Waals surface area contributed by atoms with Crippen LogP contribution in [0.3, 0.4) is 0 Å². The molecule has 0 spiro atoms. The molecule has 0 heterocycles. The Balaban J connectivity index is 1.81. The zero-order valence-electron chi connectivity index (χ0n) is 15.5. The molecule has 0 aromatic heterocycles. The number of benzene rings is 2. The molecule has 27 heavy (non-hydrogen) atoms. The number of nitrogens with zero attached hydrogens (tertiary/aromatic N) is 1. The lowest BCUT2D eigenvalue weighted by atomic mass is 9.98. The number of ether oxygens (including phenoxy) is 1. The van der Waals surface area contributed by atoms with Gasteiger partial charge in [0.05, 0.1) is 0 Å². The van der Waals surface area contributed by atoms with E-state index in [0.29, 0.717) is 5.57 Å². The molecule has 1 aliphatic rings. The average molecular weight is 365 g/mol. The summed E-state index contributed by atoms with van der Waals surface area (Å²) in [7, 11) is 0. The minimum absolute atomic E-state index is 0.0619. The molecule has 1 amide bonds. The third-order valence-corrected chi connectivity index (χ3v) is 4.92. The quantitative estimate of drug-likeness (QED) is 0.776. The smallest absolute Gasteiger partial charge is 0.410 e. The van der Waals surface area contributed by atoms with Gasteiger partial charge in [-0.15, -0.1) is 0 Å². The highest BCUT2D eigenvalue weighted by atomic mass is 16.6. The fourth-order valence-electron chi connectivity index (χ4n) is 3.70. The van der Waals surface area contributed by atoms with Crippen molar-refractivity contribution in [2.75, 3.05) is 13.2 Å². The minimum Gasteiger partial charge on any atom is -0.479 e. The van der Waals surface area contributed by atoms with E-state index in [0.717, 1.165) is 22.3 Å². The van der Waals surface area contributed by atoms with Crippen molar-refractivity contribution in [2.45, 2.75) is 25.8 Å². The molecule has 3 rings (SSSR count). The van der Waals surface area contributed by atoms with E-state index in [4.69, 9.17) is 4.74 Å². The first-order valence-corrected chi connectivity index (χ1v) is 8.95. The molecule has 5 nitrogen and oxygen atoms in total. The van der Waals surface area contributed by atoms with Gasteiger partial charge >= 0.3 is 12.1 Å². The molecule has 0 saturated heterocycles. The molecule has 2 aromatic carbocycles. The van der Waals surface area contributed by atoms with Crippen molar-refractivity contribution in [1.29, 1.82) is 0 Å². The van der Waals surface area contributed by atoms with E-state index in [1.807, 2.05) is 36.4 Å². The first-order chi connectivity index (χ1) is 13.0. The molecule has 0 bridgehead atoms. The number of fused-ring (bicyclic) bond motifs is 3. The summed E-state index contributed by atoms with van der Waals surface area (Å²) in [4.78, 5) is 25.3. The lowest BCUT2D eigenvalue weighted by Crippen LogP contribution is -2.46. The summed E-state index contributed by atoms with van der Waals surface area (Å²) in [5, 5.41) is 9.42. The van der Waals surface area contributed by atoms with Crippen LogP contribution in [0.1, 0.15) is 30.9 Å². The second kappa shape index (κ2) is 7.66. The van der Waals surface area contributed by atoms with Gasteiger partial charge in [0.2, 0.25) is 0 Å². The van der Waals surface area contributed by atoms with Crippen LogP contribution in [0, 0.1) is 0 Å². The van der Waals surface area contributed by atoms with Crippen LogP contribution in [0.4, 0.5) is 4.79 Å². The van der Waals surface area contributed by atoms with Gasteiger partial charge < -0.3 is 9.84 Å². The maximum atomic E-state index is 12.6. The second-order valence-electron chi connectivity index (χ2n) is 6.68. The number of likely N-dealkylation sites (N-methyl/N-ethyl adjacent to an activating group) is 1. The zero-order valence-corrected chi connectivity index (χ0v) is 15.5. The number of rotatable bonds is 6. The van der Waals surface area contributed by atoms with Crippen LogP contribution in [-0.4, -0.2) is 41.3 Å². The Bertz CT molecular complexity index is 830. The summed E-state index contributed by atoms with van der Waals surface area (Å²) in [5.41, 5.74) is 4.91. The monoisotopic (exact) mass is 365 g/mol. The third-order valence-electron chi connectivity index (χ3n) is 4.92. The molecule has 140 valence electrons. The summed E-state index contributed by atoms with van der Waals surface area (Å²) < 4.78 is 5.56. The molecule has 1 atom stereocenters. The van der Waals surface area contributed by atoms with Gasteiger partial charge in [-0.3, -0.25) is 4.90 Å². The summed E-state index contributed by atoms with van der Waals surface area (Å²) in [5.74, 6) is -1.17. The lowest BCUT2D eigenvalue weighted by Gasteiger charge is -2.28. The molecule has 1 aliphatic carbocycles. The Labute approximate surface area is 158 Å². The molecule has 1 unspecified atom stereocenters. The highest BCUT2D eigenvalue weighted by Gasteiger charge is 2.33. The SMILES string of the molecule is C=C(C)C(C(=O)O)N(CC)C(=O)OCC1c2ccccc2-c2ccccc21. The fourth-order valence-corrected chi connectivity index (χ4v) is 3.70. The van der Waals surface area contributed by atoms with Gasteiger partial charge in [-0.05, 0) is 41.7 Å². The van der Waals surface area contributed by atoms with Crippen LogP contribution in [0.5, 0.6) is 0 Å². The van der Waals surface area contributed by atoms with Crippen molar-refractivity contribution in [3.8, 4) is 11.1 Å². The Morgan fingerprint density at radius 2 is 1.63 bits per heavy atom. The summed E-state index contributed by atoms with van der Waals surface area (Å²) in [6.45, 7) is 7.39. The standard InChI is InChI=1S/C22H23NO4/c1-4-23(20(14(2)3)21(24)25)22(26)27-13-19-17-11-7-5-9-15(17)16-10-6-8-12-18(16)19/h5-12,19-20H,2,4,13H2,1,3H3,(H,24,25). The van der Waals surface area contributed by atoms with Crippen molar-refractivity contribution in [2.24, 2.45) is 0 Å². The molecule has 0 saturated carbocycles. The molecular weight excluding hydrogens is 342 g/mol. The number of carbonyl (C=O) groups excluding carboxylic acids is 1. The first-order valence-electron chi connectivity index (χ1n) is 8.95. The van der Waals surface area contributed by atoms with Gasteiger partial charge in [0.1, 0.15) is 6.61 Å². The van der Waals surface area contributed by atoms with Crippen molar-refractivity contribution >= 4 is 12.1 Å². The number of hydrogen-bond donors (Lipinski definition) is 1. The lowest BCUT2D eigenvalue weighted by molar-refractivity contribution is -0.141. The topological polar surface area (TPSA) is 66.8 Å². The van der Waals surface area contributed by atoms with Crippen LogP contribution < -0.4 is 0 Å². The number of hydrogen-bond acceptors (Lipinski definition) is 3. The van der Waals surface area contributed by atoms with E-state index < -0.39 is 18.1 Å². The summed E-state index contributed by atoms with van der Waals surface area (Å²) in [6.07, 6.45) is -0.644. The van der Waals surface area contributed by atoms with Gasteiger partial charge in [-0.25, -0.2) is 9.59 Å². The van der Waals surface area contributed by atoms with Crippen LogP contribution in [0.25, 0.3) is 11.1 Å². The molecular formula is C22H23NO4. The Kier molecular flexibility index (Phi) is 5.31. The van der Waals surface area contributed by atoms with Crippen molar-refractivity contribution in [3.05, 3.63) is 71.8 Å². The van der Waals surface area contributed by atoms with Gasteiger partial charge in [-0.1, -0.05) is 55.1 Å². The van der Waals surface area contributed by atoms with Crippen molar-refractivity contribution < 1.29 is 19.4 Å². The number of carboxylic acids is 1. The highest BCUT2D eigenvalue weighted by Crippen LogP contribution is 2.44. The predicted octanol–water partition coefficient (Wildman–Crippen LogP) is 4.29. The third kappa shape index (κ3) is 3.45. The molecule has 5 heteroatoms. The van der Waals surface area contributed by atoms with Crippen LogP contribution in [-0.2, 0) is 9.53 Å². The Hall–Kier alpha value is -3.08.